The number of aryl methyl sites for hydroxylation is 1. The number of benzene rings is 2. The van der Waals surface area contributed by atoms with E-state index in [9.17, 15) is 23.6 Å². The zero-order valence-electron chi connectivity index (χ0n) is 24.0. The van der Waals surface area contributed by atoms with Gasteiger partial charge in [0.1, 0.15) is 18.0 Å². The third kappa shape index (κ3) is 8.65. The Morgan fingerprint density at radius 1 is 0.951 bits per heavy atom. The summed E-state index contributed by atoms with van der Waals surface area (Å²) in [5.74, 6) is -1.00. The molecule has 2 amide bonds. The van der Waals surface area contributed by atoms with Crippen LogP contribution in [0.25, 0.3) is 11.1 Å². The maximum absolute atomic E-state index is 13.7. The van der Waals surface area contributed by atoms with Gasteiger partial charge in [0, 0.05) is 47.1 Å². The van der Waals surface area contributed by atoms with Gasteiger partial charge in [-0.25, -0.2) is 14.0 Å². The van der Waals surface area contributed by atoms with Crippen LogP contribution in [0.15, 0.2) is 53.5 Å². The van der Waals surface area contributed by atoms with Crippen LogP contribution in [0, 0.1) is 5.82 Å². The average Bonchev–Trinajstić information content (AvgIpc) is 2.83. The van der Waals surface area contributed by atoms with Crippen molar-refractivity contribution in [3.63, 3.8) is 0 Å². The fraction of sp³-hybridized carbons (Fsp3) is 0.333. The van der Waals surface area contributed by atoms with E-state index < -0.39 is 34.9 Å². The normalized spacial score (nSPS) is 11.5. The number of nitrogens with one attached hydrogen (secondary N) is 2. The fourth-order valence-electron chi connectivity index (χ4n) is 3.77. The number of amides is 2. The molecule has 0 atom stereocenters. The molecule has 11 heteroatoms. The summed E-state index contributed by atoms with van der Waals surface area (Å²) in [5.41, 5.74) is -0.345. The lowest BCUT2D eigenvalue weighted by atomic mass is 9.91. The summed E-state index contributed by atoms with van der Waals surface area (Å²) in [6.07, 6.45) is 0.0194. The number of carbonyl (C=O) groups excluding carboxylic acids is 3. The highest BCUT2D eigenvalue weighted by molar-refractivity contribution is 6.34. The van der Waals surface area contributed by atoms with Crippen LogP contribution >= 0.6 is 11.6 Å². The Morgan fingerprint density at radius 2 is 1.59 bits per heavy atom. The molecule has 0 unspecified atom stereocenters. The van der Waals surface area contributed by atoms with E-state index >= 15 is 0 Å². The van der Waals surface area contributed by atoms with Crippen LogP contribution in [0.4, 0.5) is 19.7 Å². The molecule has 3 aromatic rings. The van der Waals surface area contributed by atoms with Crippen molar-refractivity contribution < 1.29 is 28.2 Å². The second kappa shape index (κ2) is 12.1. The number of alkyl carbamates (subject to hydrolysis) is 1. The number of pyridine rings is 1. The van der Waals surface area contributed by atoms with Gasteiger partial charge in [-0.2, -0.15) is 0 Å². The molecule has 0 radical (unpaired) electrons. The van der Waals surface area contributed by atoms with Gasteiger partial charge in [0.2, 0.25) is 0 Å². The minimum Gasteiger partial charge on any atom is -0.445 e. The predicted molar refractivity (Wildman–Crippen MR) is 155 cm³/mol. The summed E-state index contributed by atoms with van der Waals surface area (Å²) in [4.78, 5) is 51.2. The second-order valence-corrected chi connectivity index (χ2v) is 11.9. The SMILES string of the molecule is Cn1cc(-c2cc(NC(=O)OC(C)(C)C)c(Cl)cc2C(=O)c2ccc(F)cc2)c(COC(=O)NC(C)(C)C)cc1=O. The standard InChI is InChI=1S/C30H33ClFN3O6/c1-29(2,3)34-28(39)40-16-18-12-25(36)35(7)15-22(18)20-14-24(33-27(38)41-30(4,5)6)23(31)13-21(20)26(37)17-8-10-19(32)11-9-17/h8-15H,16H2,1-7H3,(H,33,38)(H,34,39). The molecule has 0 spiro atoms. The lowest BCUT2D eigenvalue weighted by molar-refractivity contribution is 0.0635. The Hall–Kier alpha value is -4.18. The van der Waals surface area contributed by atoms with E-state index in [2.05, 4.69) is 10.6 Å². The molecule has 0 saturated heterocycles. The van der Waals surface area contributed by atoms with Crippen molar-refractivity contribution in [3.05, 3.63) is 86.5 Å². The van der Waals surface area contributed by atoms with Crippen molar-refractivity contribution in [3.8, 4) is 11.1 Å². The molecule has 41 heavy (non-hydrogen) atoms. The van der Waals surface area contributed by atoms with Gasteiger partial charge in [-0.05, 0) is 83.5 Å². The molecule has 1 aromatic heterocycles. The van der Waals surface area contributed by atoms with Gasteiger partial charge in [0.25, 0.3) is 5.56 Å². The van der Waals surface area contributed by atoms with Gasteiger partial charge in [-0.3, -0.25) is 14.9 Å². The summed E-state index contributed by atoms with van der Waals surface area (Å²) in [7, 11) is 1.53. The summed E-state index contributed by atoms with van der Waals surface area (Å²) in [5, 5.41) is 5.31. The summed E-state index contributed by atoms with van der Waals surface area (Å²) >= 11 is 6.51. The summed E-state index contributed by atoms with van der Waals surface area (Å²) < 4.78 is 25.6. The van der Waals surface area contributed by atoms with Gasteiger partial charge in [0.05, 0.1) is 10.7 Å². The topological polar surface area (TPSA) is 116 Å². The van der Waals surface area contributed by atoms with Gasteiger partial charge in [0.15, 0.2) is 5.78 Å². The molecule has 0 fully saturated rings. The third-order valence-electron chi connectivity index (χ3n) is 5.53. The van der Waals surface area contributed by atoms with Crippen LogP contribution in [-0.4, -0.2) is 33.7 Å². The van der Waals surface area contributed by atoms with Gasteiger partial charge >= 0.3 is 12.2 Å². The number of hydrogen-bond acceptors (Lipinski definition) is 6. The van der Waals surface area contributed by atoms with Crippen molar-refractivity contribution in [1.29, 1.82) is 0 Å². The van der Waals surface area contributed by atoms with E-state index in [-0.39, 0.29) is 39.6 Å². The molecule has 0 aliphatic rings. The Bertz CT molecular complexity index is 1540. The van der Waals surface area contributed by atoms with Gasteiger partial charge < -0.3 is 19.4 Å². The largest absolute Gasteiger partial charge is 0.445 e. The van der Waals surface area contributed by atoms with Crippen molar-refractivity contribution >= 4 is 35.3 Å². The van der Waals surface area contributed by atoms with E-state index in [0.717, 1.165) is 12.1 Å². The van der Waals surface area contributed by atoms with E-state index in [4.69, 9.17) is 21.1 Å². The predicted octanol–water partition coefficient (Wildman–Crippen LogP) is 6.45. The molecule has 0 bridgehead atoms. The number of halogens is 2. The zero-order valence-corrected chi connectivity index (χ0v) is 24.7. The van der Waals surface area contributed by atoms with Crippen LogP contribution in [0.5, 0.6) is 0 Å². The van der Waals surface area contributed by atoms with Crippen LogP contribution in [0.3, 0.4) is 0 Å². The Kier molecular flexibility index (Phi) is 9.28. The molecule has 218 valence electrons. The first-order valence-corrected chi connectivity index (χ1v) is 13.1. The molecule has 0 aliphatic carbocycles. The van der Waals surface area contributed by atoms with Crippen molar-refractivity contribution in [2.24, 2.45) is 7.05 Å². The number of ether oxygens (including phenoxy) is 2. The van der Waals surface area contributed by atoms with Gasteiger partial charge in [-0.15, -0.1) is 0 Å². The second-order valence-electron chi connectivity index (χ2n) is 11.5. The number of ketones is 1. The first-order chi connectivity index (χ1) is 18.9. The van der Waals surface area contributed by atoms with Crippen LogP contribution in [0.2, 0.25) is 5.02 Å². The lowest BCUT2D eigenvalue weighted by Gasteiger charge is -2.22. The zero-order chi connectivity index (χ0) is 30.7. The molecule has 2 N–H and O–H groups in total. The minimum atomic E-state index is -0.784. The van der Waals surface area contributed by atoms with Crippen molar-refractivity contribution in [2.45, 2.75) is 59.3 Å². The maximum Gasteiger partial charge on any atom is 0.412 e. The lowest BCUT2D eigenvalue weighted by Crippen LogP contribution is -2.40. The van der Waals surface area contributed by atoms with E-state index in [1.165, 1.54) is 48.1 Å². The molecular weight excluding hydrogens is 553 g/mol. The van der Waals surface area contributed by atoms with E-state index in [1.807, 2.05) is 0 Å². The molecular formula is C30H33ClFN3O6. The molecule has 3 rings (SSSR count). The highest BCUT2D eigenvalue weighted by atomic mass is 35.5. The number of rotatable bonds is 6. The van der Waals surface area contributed by atoms with Crippen molar-refractivity contribution in [1.82, 2.24) is 9.88 Å². The summed E-state index contributed by atoms with van der Waals surface area (Å²) in [6.45, 7) is 10.2. The average molecular weight is 586 g/mol. The molecule has 2 aromatic carbocycles. The molecule has 9 nitrogen and oxygen atoms in total. The van der Waals surface area contributed by atoms with Crippen LogP contribution in [-0.2, 0) is 23.1 Å². The van der Waals surface area contributed by atoms with E-state index in [1.54, 1.807) is 41.5 Å². The number of anilines is 1. The van der Waals surface area contributed by atoms with Crippen LogP contribution < -0.4 is 16.2 Å². The van der Waals surface area contributed by atoms with Crippen molar-refractivity contribution in [2.75, 3.05) is 5.32 Å². The molecule has 0 saturated carbocycles. The number of aromatic nitrogens is 1. The number of nitrogens with zero attached hydrogens (tertiary/aromatic N) is 1. The molecule has 1 heterocycles. The quantitative estimate of drug-likeness (QED) is 0.321. The smallest absolute Gasteiger partial charge is 0.412 e. The highest BCUT2D eigenvalue weighted by Crippen LogP contribution is 2.36. The first-order valence-electron chi connectivity index (χ1n) is 12.7. The Labute approximate surface area is 242 Å². The van der Waals surface area contributed by atoms with Gasteiger partial charge in [-0.1, -0.05) is 11.6 Å². The summed E-state index contributed by atoms with van der Waals surface area (Å²) in [6, 6.07) is 9.13. The number of hydrogen-bond donors (Lipinski definition) is 2. The minimum absolute atomic E-state index is 0.0391. The Morgan fingerprint density at radius 3 is 2.17 bits per heavy atom. The Balaban J connectivity index is 2.18. The highest BCUT2D eigenvalue weighted by Gasteiger charge is 2.24. The monoisotopic (exact) mass is 585 g/mol. The number of carbonyl (C=O) groups is 3. The molecule has 0 aliphatic heterocycles. The third-order valence-corrected chi connectivity index (χ3v) is 5.85. The maximum atomic E-state index is 13.7. The fourth-order valence-corrected chi connectivity index (χ4v) is 3.98. The van der Waals surface area contributed by atoms with Crippen LogP contribution in [0.1, 0.15) is 63.0 Å². The van der Waals surface area contributed by atoms with E-state index in [0.29, 0.717) is 11.1 Å². The first kappa shape index (κ1) is 31.3.